The smallest absolute Gasteiger partial charge is 0.406 e. The molecular formula is C26H16F5N5OS. The highest BCUT2D eigenvalue weighted by Gasteiger charge is 2.31. The van der Waals surface area contributed by atoms with Crippen LogP contribution in [-0.2, 0) is 0 Å². The van der Waals surface area contributed by atoms with E-state index in [0.29, 0.717) is 11.2 Å². The highest BCUT2D eigenvalue weighted by molar-refractivity contribution is 7.80. The third-order valence-corrected chi connectivity index (χ3v) is 5.66. The molecule has 4 aromatic carbocycles. The minimum atomic E-state index is -4.76. The molecule has 0 bridgehead atoms. The molecule has 0 atom stereocenters. The van der Waals surface area contributed by atoms with Gasteiger partial charge >= 0.3 is 6.36 Å². The van der Waals surface area contributed by atoms with E-state index in [4.69, 9.17) is 12.2 Å². The molecule has 0 spiro atoms. The summed E-state index contributed by atoms with van der Waals surface area (Å²) in [5, 5.41) is 8.43. The van der Waals surface area contributed by atoms with Crippen LogP contribution in [0.2, 0.25) is 0 Å². The first-order chi connectivity index (χ1) is 18.2. The minimum absolute atomic E-state index is 0.0128. The molecule has 1 heterocycles. The Balaban J connectivity index is 1.31. The zero-order chi connectivity index (χ0) is 26.9. The maximum absolute atomic E-state index is 13.7. The number of hydrogen-bond acceptors (Lipinski definition) is 4. The van der Waals surface area contributed by atoms with Gasteiger partial charge in [-0.3, -0.25) is 9.99 Å². The first-order valence-corrected chi connectivity index (χ1v) is 11.4. The molecule has 5 aromatic rings. The maximum Gasteiger partial charge on any atom is 0.573 e. The Labute approximate surface area is 217 Å². The molecule has 0 aliphatic rings. The molecule has 6 nitrogen and oxygen atoms in total. The Morgan fingerprint density at radius 2 is 1.76 bits per heavy atom. The molecule has 0 saturated carbocycles. The van der Waals surface area contributed by atoms with Crippen LogP contribution in [0.4, 0.5) is 27.6 Å². The van der Waals surface area contributed by atoms with E-state index in [0.717, 1.165) is 34.0 Å². The number of thiocarbonyl (C=S) groups is 1. The number of benzene rings is 4. The van der Waals surface area contributed by atoms with Gasteiger partial charge in [0, 0.05) is 17.1 Å². The van der Waals surface area contributed by atoms with Crippen LogP contribution in [0.25, 0.3) is 27.5 Å². The summed E-state index contributed by atoms with van der Waals surface area (Å²) in [5.41, 5.74) is 5.46. The van der Waals surface area contributed by atoms with Crippen LogP contribution in [0.15, 0.2) is 84.2 Å². The predicted octanol–water partition coefficient (Wildman–Crippen LogP) is 6.68. The Morgan fingerprint density at radius 3 is 2.50 bits per heavy atom. The molecule has 192 valence electrons. The SMILES string of the molecule is Fc1ccc(NC(=S)N/N=C/c2ccc3c(ccc4c3ncn4-c3ccc(OC(F)(F)F)cc3)c2)c(F)c1. The summed E-state index contributed by atoms with van der Waals surface area (Å²) in [7, 11) is 0. The molecule has 12 heteroatoms. The number of hydrazone groups is 1. The number of fused-ring (bicyclic) bond motifs is 3. The van der Waals surface area contributed by atoms with Gasteiger partial charge in [-0.25, -0.2) is 13.8 Å². The first-order valence-electron chi connectivity index (χ1n) is 11.0. The third kappa shape index (κ3) is 5.54. The van der Waals surface area contributed by atoms with Gasteiger partial charge < -0.3 is 10.1 Å². The van der Waals surface area contributed by atoms with Crippen LogP contribution >= 0.6 is 12.2 Å². The predicted molar refractivity (Wildman–Crippen MR) is 139 cm³/mol. The number of anilines is 1. The van der Waals surface area contributed by atoms with E-state index < -0.39 is 18.0 Å². The summed E-state index contributed by atoms with van der Waals surface area (Å²) in [6.45, 7) is 0. The molecule has 2 N–H and O–H groups in total. The van der Waals surface area contributed by atoms with Gasteiger partial charge in [0.15, 0.2) is 5.11 Å². The standard InChI is InChI=1S/C26H16F5N5OS/c27-17-3-9-22(21(28)12-17)34-25(38)35-33-13-15-1-8-20-16(11-15)2-10-23-24(20)32-14-36(23)18-4-6-19(7-5-18)37-26(29,30)31/h1-14H,(H2,34,35,38)/b33-13+. The number of nitrogens with one attached hydrogen (secondary N) is 2. The van der Waals surface area contributed by atoms with Gasteiger partial charge in [0.1, 0.15) is 23.7 Å². The van der Waals surface area contributed by atoms with Gasteiger partial charge in [0.05, 0.1) is 22.9 Å². The molecule has 38 heavy (non-hydrogen) atoms. The van der Waals surface area contributed by atoms with Crippen molar-refractivity contribution in [3.8, 4) is 11.4 Å². The van der Waals surface area contributed by atoms with E-state index in [1.807, 2.05) is 30.3 Å². The Bertz CT molecular complexity index is 1680. The van der Waals surface area contributed by atoms with Crippen molar-refractivity contribution in [2.45, 2.75) is 6.36 Å². The first kappa shape index (κ1) is 25.1. The highest BCUT2D eigenvalue weighted by atomic mass is 32.1. The monoisotopic (exact) mass is 541 g/mol. The lowest BCUT2D eigenvalue weighted by Crippen LogP contribution is -2.24. The third-order valence-electron chi connectivity index (χ3n) is 5.46. The van der Waals surface area contributed by atoms with Crippen LogP contribution in [0.5, 0.6) is 5.75 Å². The molecule has 0 aliphatic carbocycles. The molecule has 5 rings (SSSR count). The van der Waals surface area contributed by atoms with Crippen LogP contribution in [0, 0.1) is 11.6 Å². The summed E-state index contributed by atoms with van der Waals surface area (Å²) < 4.78 is 69.8. The topological polar surface area (TPSA) is 63.5 Å². The summed E-state index contributed by atoms with van der Waals surface area (Å²) >= 11 is 5.08. The van der Waals surface area contributed by atoms with Gasteiger partial charge in [-0.1, -0.05) is 18.2 Å². The van der Waals surface area contributed by atoms with Crippen molar-refractivity contribution < 1.29 is 26.7 Å². The van der Waals surface area contributed by atoms with Gasteiger partial charge in [0.2, 0.25) is 0 Å². The zero-order valence-corrected chi connectivity index (χ0v) is 19.9. The number of ether oxygens (including phenoxy) is 1. The van der Waals surface area contributed by atoms with E-state index in [9.17, 15) is 22.0 Å². The normalized spacial score (nSPS) is 11.8. The molecule has 0 amide bonds. The Morgan fingerprint density at radius 1 is 0.974 bits per heavy atom. The molecule has 0 radical (unpaired) electrons. The lowest BCUT2D eigenvalue weighted by molar-refractivity contribution is -0.274. The highest BCUT2D eigenvalue weighted by Crippen LogP contribution is 2.28. The van der Waals surface area contributed by atoms with Crippen molar-refractivity contribution in [2.24, 2.45) is 5.10 Å². The summed E-state index contributed by atoms with van der Waals surface area (Å²) in [4.78, 5) is 4.50. The number of alkyl halides is 3. The molecule has 1 aromatic heterocycles. The summed E-state index contributed by atoms with van der Waals surface area (Å²) in [6, 6.07) is 17.9. The summed E-state index contributed by atoms with van der Waals surface area (Å²) in [6.07, 6.45) is -1.63. The van der Waals surface area contributed by atoms with E-state index in [-0.39, 0.29) is 16.5 Å². The average molecular weight is 542 g/mol. The quantitative estimate of drug-likeness (QED) is 0.113. The van der Waals surface area contributed by atoms with Gasteiger partial charge in [-0.15, -0.1) is 13.2 Å². The van der Waals surface area contributed by atoms with E-state index in [1.54, 1.807) is 10.9 Å². The fourth-order valence-corrected chi connectivity index (χ4v) is 3.99. The zero-order valence-electron chi connectivity index (χ0n) is 19.1. The van der Waals surface area contributed by atoms with Crippen LogP contribution in [-0.4, -0.2) is 27.2 Å². The van der Waals surface area contributed by atoms with Crippen LogP contribution in [0.1, 0.15) is 5.56 Å². The fourth-order valence-electron chi connectivity index (χ4n) is 3.83. The van der Waals surface area contributed by atoms with E-state index in [1.165, 1.54) is 36.5 Å². The van der Waals surface area contributed by atoms with Crippen molar-refractivity contribution in [1.29, 1.82) is 0 Å². The lowest BCUT2D eigenvalue weighted by atomic mass is 10.1. The molecule has 0 aliphatic heterocycles. The van der Waals surface area contributed by atoms with Crippen LogP contribution in [0.3, 0.4) is 0 Å². The van der Waals surface area contributed by atoms with Gasteiger partial charge in [0.25, 0.3) is 0 Å². The molecule has 0 saturated heterocycles. The van der Waals surface area contributed by atoms with Gasteiger partial charge in [-0.2, -0.15) is 5.10 Å². The largest absolute Gasteiger partial charge is 0.573 e. The van der Waals surface area contributed by atoms with Crippen molar-refractivity contribution in [3.05, 3.63) is 96.3 Å². The number of rotatable bonds is 5. The number of hydrogen-bond donors (Lipinski definition) is 2. The maximum atomic E-state index is 13.7. The summed E-state index contributed by atoms with van der Waals surface area (Å²) in [5.74, 6) is -1.79. The van der Waals surface area contributed by atoms with E-state index >= 15 is 0 Å². The van der Waals surface area contributed by atoms with Crippen LogP contribution < -0.4 is 15.5 Å². The molecule has 0 fully saturated rings. The van der Waals surface area contributed by atoms with E-state index in [2.05, 4.69) is 25.6 Å². The Kier molecular flexibility index (Phi) is 6.64. The molecular weight excluding hydrogens is 525 g/mol. The number of aromatic nitrogens is 2. The molecule has 0 unspecified atom stereocenters. The van der Waals surface area contributed by atoms with Crippen molar-refractivity contribution in [2.75, 3.05) is 5.32 Å². The number of nitrogens with zero attached hydrogens (tertiary/aromatic N) is 3. The van der Waals surface area contributed by atoms with Crippen molar-refractivity contribution >= 4 is 51.0 Å². The number of halogens is 5. The second-order valence-electron chi connectivity index (χ2n) is 8.02. The number of imidazole rings is 1. The van der Waals surface area contributed by atoms with Crippen molar-refractivity contribution in [1.82, 2.24) is 15.0 Å². The second-order valence-corrected chi connectivity index (χ2v) is 8.43. The van der Waals surface area contributed by atoms with Crippen molar-refractivity contribution in [3.63, 3.8) is 0 Å². The second kappa shape index (κ2) is 10.1. The van der Waals surface area contributed by atoms with Gasteiger partial charge in [-0.05, 0) is 71.7 Å². The average Bonchev–Trinajstić information content (AvgIpc) is 3.30. The fraction of sp³-hybridized carbons (Fsp3) is 0.0385. The Hall–Kier alpha value is -4.58. The lowest BCUT2D eigenvalue weighted by Gasteiger charge is -2.10. The minimum Gasteiger partial charge on any atom is -0.406 e.